The van der Waals surface area contributed by atoms with E-state index in [0.717, 1.165) is 30.0 Å². The molecule has 2 N–H and O–H groups in total. The van der Waals surface area contributed by atoms with E-state index in [9.17, 15) is 22.8 Å². The van der Waals surface area contributed by atoms with E-state index in [0.29, 0.717) is 10.9 Å². The molecule has 30 heavy (non-hydrogen) atoms. The van der Waals surface area contributed by atoms with Crippen molar-refractivity contribution in [3.63, 3.8) is 0 Å². The van der Waals surface area contributed by atoms with E-state index in [1.54, 1.807) is 0 Å². The van der Waals surface area contributed by atoms with E-state index in [1.165, 1.54) is 31.3 Å². The van der Waals surface area contributed by atoms with Gasteiger partial charge in [0.2, 0.25) is 10.0 Å². The molecule has 1 fully saturated rings. The zero-order chi connectivity index (χ0) is 22.3. The number of ether oxygens (including phenoxy) is 1. The Hall–Kier alpha value is -2.17. The topological polar surface area (TPSA) is 122 Å². The Morgan fingerprint density at radius 1 is 1.17 bits per heavy atom. The number of carbonyl (C=O) groups is 3. The number of imide groups is 1. The number of halogens is 1. The maximum absolute atomic E-state index is 12.4. The Morgan fingerprint density at radius 2 is 1.80 bits per heavy atom. The largest absolute Gasteiger partial charge is 0.455 e. The van der Waals surface area contributed by atoms with Crippen LogP contribution in [-0.4, -0.2) is 56.9 Å². The number of amides is 3. The number of esters is 1. The highest BCUT2D eigenvalue weighted by Gasteiger charge is 2.25. The SMILES string of the molecule is C[C@H]1CCCC[C@H]1NC(=O)NC(=O)COC(=O)CN(C)S(=O)(=O)c1ccc(Cl)cc1. The molecule has 0 bridgehead atoms. The summed E-state index contributed by atoms with van der Waals surface area (Å²) >= 11 is 5.75. The zero-order valence-corrected chi connectivity index (χ0v) is 18.5. The van der Waals surface area contributed by atoms with Crippen molar-refractivity contribution in [3.8, 4) is 0 Å². The van der Waals surface area contributed by atoms with E-state index >= 15 is 0 Å². The monoisotopic (exact) mass is 459 g/mol. The fourth-order valence-corrected chi connectivity index (χ4v) is 4.38. The molecule has 1 aromatic rings. The molecule has 1 aromatic carbocycles. The molecule has 0 aromatic heterocycles. The lowest BCUT2D eigenvalue weighted by Gasteiger charge is -2.29. The quantitative estimate of drug-likeness (QED) is 0.600. The molecule has 0 unspecified atom stereocenters. The summed E-state index contributed by atoms with van der Waals surface area (Å²) < 4.78 is 30.4. The number of sulfonamides is 1. The average Bonchev–Trinajstić information content (AvgIpc) is 2.68. The van der Waals surface area contributed by atoms with Gasteiger partial charge in [-0.2, -0.15) is 4.31 Å². The van der Waals surface area contributed by atoms with Crippen LogP contribution in [0.5, 0.6) is 0 Å². The Labute approximate surface area is 181 Å². The summed E-state index contributed by atoms with van der Waals surface area (Å²) in [6.07, 6.45) is 4.01. The van der Waals surface area contributed by atoms with Crippen LogP contribution in [0.25, 0.3) is 0 Å². The average molecular weight is 460 g/mol. The van der Waals surface area contributed by atoms with Gasteiger partial charge < -0.3 is 10.1 Å². The molecule has 0 saturated heterocycles. The van der Waals surface area contributed by atoms with Crippen molar-refractivity contribution in [2.24, 2.45) is 5.92 Å². The van der Waals surface area contributed by atoms with Gasteiger partial charge in [0, 0.05) is 18.1 Å². The summed E-state index contributed by atoms with van der Waals surface area (Å²) in [6.45, 7) is 0.758. The number of carbonyl (C=O) groups excluding carboxylic acids is 3. The third-order valence-electron chi connectivity index (χ3n) is 4.92. The van der Waals surface area contributed by atoms with Gasteiger partial charge in [0.1, 0.15) is 6.54 Å². The molecule has 166 valence electrons. The molecule has 3 amide bonds. The lowest BCUT2D eigenvalue weighted by atomic mass is 9.86. The predicted molar refractivity (Wildman–Crippen MR) is 110 cm³/mol. The first-order valence-electron chi connectivity index (χ1n) is 9.57. The first-order chi connectivity index (χ1) is 14.1. The molecule has 1 saturated carbocycles. The summed E-state index contributed by atoms with van der Waals surface area (Å²) in [5, 5.41) is 5.24. The van der Waals surface area contributed by atoms with E-state index in [1.807, 2.05) is 6.92 Å². The lowest BCUT2D eigenvalue weighted by molar-refractivity contribution is -0.148. The molecule has 11 heteroatoms. The van der Waals surface area contributed by atoms with Crippen molar-refractivity contribution in [2.75, 3.05) is 20.2 Å². The third kappa shape index (κ3) is 6.96. The van der Waals surface area contributed by atoms with Crippen LogP contribution in [0.15, 0.2) is 29.2 Å². The minimum atomic E-state index is -3.92. The molecule has 0 spiro atoms. The van der Waals surface area contributed by atoms with Gasteiger partial charge in [0.25, 0.3) is 5.91 Å². The number of urea groups is 1. The van der Waals surface area contributed by atoms with Crippen LogP contribution in [0.1, 0.15) is 32.6 Å². The molecular formula is C19H26ClN3O6S. The molecule has 0 radical (unpaired) electrons. The standard InChI is InChI=1S/C19H26ClN3O6S/c1-13-5-3-4-6-16(13)21-19(26)22-17(24)12-29-18(25)11-23(2)30(27,28)15-9-7-14(20)8-10-15/h7-10,13,16H,3-6,11-12H2,1-2H3,(H2,21,22,24,26)/t13-,16+/m0/s1. The van der Waals surface area contributed by atoms with E-state index in [4.69, 9.17) is 16.3 Å². The minimum Gasteiger partial charge on any atom is -0.455 e. The molecule has 0 heterocycles. The van der Waals surface area contributed by atoms with Gasteiger partial charge in [-0.05, 0) is 43.0 Å². The van der Waals surface area contributed by atoms with E-state index in [2.05, 4.69) is 10.6 Å². The van der Waals surface area contributed by atoms with Gasteiger partial charge in [-0.1, -0.05) is 31.4 Å². The fraction of sp³-hybridized carbons (Fsp3) is 0.526. The molecule has 2 rings (SSSR count). The zero-order valence-electron chi connectivity index (χ0n) is 16.9. The highest BCUT2D eigenvalue weighted by Crippen LogP contribution is 2.23. The molecule has 1 aliphatic rings. The molecule has 0 aliphatic heterocycles. The molecule has 2 atom stereocenters. The van der Waals surface area contributed by atoms with Crippen LogP contribution in [0, 0.1) is 5.92 Å². The fourth-order valence-electron chi connectivity index (χ4n) is 3.14. The van der Waals surface area contributed by atoms with Gasteiger partial charge >= 0.3 is 12.0 Å². The minimum absolute atomic E-state index is 0.000763. The molecular weight excluding hydrogens is 434 g/mol. The van der Waals surface area contributed by atoms with Crippen LogP contribution in [-0.2, 0) is 24.3 Å². The van der Waals surface area contributed by atoms with Crippen LogP contribution >= 0.6 is 11.6 Å². The van der Waals surface area contributed by atoms with Gasteiger partial charge in [0.05, 0.1) is 4.90 Å². The predicted octanol–water partition coefficient (Wildman–Crippen LogP) is 1.91. The number of benzene rings is 1. The second-order valence-electron chi connectivity index (χ2n) is 7.27. The number of nitrogens with zero attached hydrogens (tertiary/aromatic N) is 1. The molecule has 9 nitrogen and oxygen atoms in total. The number of likely N-dealkylation sites (N-methyl/N-ethyl adjacent to an activating group) is 1. The molecule has 1 aliphatic carbocycles. The summed E-state index contributed by atoms with van der Waals surface area (Å²) in [7, 11) is -2.71. The van der Waals surface area contributed by atoms with Gasteiger partial charge in [0.15, 0.2) is 6.61 Å². The first kappa shape index (κ1) is 24.1. The summed E-state index contributed by atoms with van der Waals surface area (Å²) in [4.78, 5) is 35.6. The van der Waals surface area contributed by atoms with Crippen molar-refractivity contribution in [3.05, 3.63) is 29.3 Å². The van der Waals surface area contributed by atoms with Crippen LogP contribution < -0.4 is 10.6 Å². The summed E-state index contributed by atoms with van der Waals surface area (Å²) in [5.41, 5.74) is 0. The van der Waals surface area contributed by atoms with Crippen molar-refractivity contribution < 1.29 is 27.5 Å². The smallest absolute Gasteiger partial charge is 0.321 e. The maximum atomic E-state index is 12.4. The van der Waals surface area contributed by atoms with Crippen molar-refractivity contribution >= 4 is 39.5 Å². The van der Waals surface area contributed by atoms with Crippen LogP contribution in [0.4, 0.5) is 4.79 Å². The van der Waals surface area contributed by atoms with Crippen LogP contribution in [0.3, 0.4) is 0 Å². The Bertz CT molecular complexity index is 875. The summed E-state index contributed by atoms with van der Waals surface area (Å²) in [6, 6.07) is 4.84. The number of hydrogen-bond acceptors (Lipinski definition) is 6. The number of hydrogen-bond donors (Lipinski definition) is 2. The Morgan fingerprint density at radius 3 is 2.43 bits per heavy atom. The lowest BCUT2D eigenvalue weighted by Crippen LogP contribution is -2.48. The van der Waals surface area contributed by atoms with E-state index < -0.39 is 41.1 Å². The number of rotatable bonds is 7. The Kier molecular flexibility index (Phi) is 8.63. The third-order valence-corrected chi connectivity index (χ3v) is 6.99. The van der Waals surface area contributed by atoms with Crippen LogP contribution in [0.2, 0.25) is 5.02 Å². The van der Waals surface area contributed by atoms with Gasteiger partial charge in [-0.3, -0.25) is 14.9 Å². The maximum Gasteiger partial charge on any atom is 0.321 e. The van der Waals surface area contributed by atoms with Crippen molar-refractivity contribution in [1.29, 1.82) is 0 Å². The second-order valence-corrected chi connectivity index (χ2v) is 9.75. The van der Waals surface area contributed by atoms with Crippen molar-refractivity contribution in [2.45, 2.75) is 43.5 Å². The van der Waals surface area contributed by atoms with E-state index in [-0.39, 0.29) is 10.9 Å². The highest BCUT2D eigenvalue weighted by molar-refractivity contribution is 7.89. The Balaban J connectivity index is 1.77. The highest BCUT2D eigenvalue weighted by atomic mass is 35.5. The van der Waals surface area contributed by atoms with Crippen molar-refractivity contribution in [1.82, 2.24) is 14.9 Å². The number of nitrogens with one attached hydrogen (secondary N) is 2. The van der Waals surface area contributed by atoms with Gasteiger partial charge in [-0.15, -0.1) is 0 Å². The normalized spacial score (nSPS) is 19.2. The summed E-state index contributed by atoms with van der Waals surface area (Å²) in [5.74, 6) is -1.39. The van der Waals surface area contributed by atoms with Gasteiger partial charge in [-0.25, -0.2) is 13.2 Å². The second kappa shape index (κ2) is 10.7. The first-order valence-corrected chi connectivity index (χ1v) is 11.4.